The molecule has 0 saturated carbocycles. The fourth-order valence-corrected chi connectivity index (χ4v) is 4.43. The van der Waals surface area contributed by atoms with Crippen LogP contribution in [-0.2, 0) is 26.0 Å². The molecule has 3 rings (SSSR count). The van der Waals surface area contributed by atoms with Crippen molar-refractivity contribution in [2.24, 2.45) is 0 Å². The fraction of sp³-hybridized carbons (Fsp3) is 0.389. The lowest BCUT2D eigenvalue weighted by molar-refractivity contribution is -0.123. The number of fused-ring (bicyclic) bond motifs is 1. The molecule has 2 atom stereocenters. The first-order chi connectivity index (χ1) is 13.1. The molecule has 0 aliphatic carbocycles. The molecule has 1 aliphatic rings. The molecule has 9 nitrogen and oxygen atoms in total. The van der Waals surface area contributed by atoms with E-state index in [4.69, 9.17) is 9.26 Å². The van der Waals surface area contributed by atoms with Gasteiger partial charge in [0.15, 0.2) is 11.9 Å². The summed E-state index contributed by atoms with van der Waals surface area (Å²) in [6.07, 6.45) is 0.590. The number of aromatic nitrogens is 1. The van der Waals surface area contributed by atoms with Crippen molar-refractivity contribution in [1.29, 1.82) is 0 Å². The number of benzene rings is 1. The lowest BCUT2D eigenvalue weighted by Crippen LogP contribution is -2.34. The van der Waals surface area contributed by atoms with Crippen LogP contribution in [0.2, 0.25) is 0 Å². The summed E-state index contributed by atoms with van der Waals surface area (Å²) in [5.41, 5.74) is 1.54. The lowest BCUT2D eigenvalue weighted by Gasteiger charge is -2.22. The topological polar surface area (TPSA) is 119 Å². The van der Waals surface area contributed by atoms with Crippen LogP contribution >= 0.6 is 0 Å². The molecule has 1 aromatic heterocycles. The highest BCUT2D eigenvalue weighted by atomic mass is 32.2. The zero-order valence-electron chi connectivity index (χ0n) is 15.9. The maximum Gasteiger partial charge on any atom is 0.338 e. The molecule has 1 aliphatic heterocycles. The third-order valence-electron chi connectivity index (χ3n) is 4.36. The second-order valence-electron chi connectivity index (χ2n) is 6.82. The third-order valence-corrected chi connectivity index (χ3v) is 5.63. The van der Waals surface area contributed by atoms with E-state index < -0.39 is 28.0 Å². The molecular weight excluding hydrogens is 386 g/mol. The number of anilines is 2. The Morgan fingerprint density at radius 3 is 2.68 bits per heavy atom. The number of nitrogens with zero attached hydrogens (tertiary/aromatic N) is 2. The van der Waals surface area contributed by atoms with Crippen molar-refractivity contribution in [3.8, 4) is 0 Å². The second kappa shape index (κ2) is 7.27. The minimum absolute atomic E-state index is 0.230. The van der Waals surface area contributed by atoms with Crippen molar-refractivity contribution in [3.05, 3.63) is 41.2 Å². The van der Waals surface area contributed by atoms with Crippen LogP contribution in [0, 0.1) is 6.92 Å². The van der Waals surface area contributed by atoms with Gasteiger partial charge in [-0.05, 0) is 51.0 Å². The van der Waals surface area contributed by atoms with E-state index in [0.717, 1.165) is 11.8 Å². The molecule has 1 amide bonds. The lowest BCUT2D eigenvalue weighted by atomic mass is 10.1. The van der Waals surface area contributed by atoms with Gasteiger partial charge in [0.1, 0.15) is 5.76 Å². The van der Waals surface area contributed by atoms with Crippen LogP contribution in [0.15, 0.2) is 28.8 Å². The Kier molecular flexibility index (Phi) is 5.16. The van der Waals surface area contributed by atoms with Crippen LogP contribution in [-0.4, -0.2) is 43.9 Å². The van der Waals surface area contributed by atoms with Crippen molar-refractivity contribution < 1.29 is 27.3 Å². The predicted octanol–water partition coefficient (Wildman–Crippen LogP) is 1.88. The molecular formula is C18H21N3O6S. The van der Waals surface area contributed by atoms with Gasteiger partial charge in [-0.25, -0.2) is 13.2 Å². The van der Waals surface area contributed by atoms with Crippen molar-refractivity contribution >= 4 is 33.4 Å². The Morgan fingerprint density at radius 2 is 2.07 bits per heavy atom. The van der Waals surface area contributed by atoms with E-state index in [1.54, 1.807) is 32.0 Å². The number of aryl methyl sites for hydroxylation is 1. The molecule has 2 heterocycles. The van der Waals surface area contributed by atoms with E-state index in [0.29, 0.717) is 17.9 Å². The number of hydrogen-bond donors (Lipinski definition) is 1. The first-order valence-corrected chi connectivity index (χ1v) is 10.5. The minimum Gasteiger partial charge on any atom is -0.449 e. The summed E-state index contributed by atoms with van der Waals surface area (Å²) in [4.78, 5) is 24.5. The Morgan fingerprint density at radius 1 is 1.36 bits per heavy atom. The Hall–Kier alpha value is -2.88. The maximum absolute atomic E-state index is 12.4. The highest BCUT2D eigenvalue weighted by Gasteiger charge is 2.33. The molecule has 0 bridgehead atoms. The average Bonchev–Trinajstić information content (AvgIpc) is 3.15. The van der Waals surface area contributed by atoms with E-state index in [2.05, 4.69) is 10.5 Å². The number of rotatable bonds is 5. The first-order valence-electron chi connectivity index (χ1n) is 8.63. The van der Waals surface area contributed by atoms with E-state index in [-0.39, 0.29) is 17.4 Å². The monoisotopic (exact) mass is 407 g/mol. The third kappa shape index (κ3) is 4.01. The largest absolute Gasteiger partial charge is 0.449 e. The Balaban J connectivity index is 1.70. The fourth-order valence-electron chi connectivity index (χ4n) is 3.17. The molecule has 10 heteroatoms. The molecule has 0 unspecified atom stereocenters. The van der Waals surface area contributed by atoms with Gasteiger partial charge in [-0.3, -0.25) is 9.10 Å². The SMILES string of the molecule is Cc1cc(NC(=O)[C@H](C)OC(=O)c2ccc3c(c2)C[C@@H](C)N3S(C)(=O)=O)no1. The van der Waals surface area contributed by atoms with Crippen LogP contribution < -0.4 is 9.62 Å². The summed E-state index contributed by atoms with van der Waals surface area (Å²) in [5, 5.41) is 6.14. The summed E-state index contributed by atoms with van der Waals surface area (Å²) in [5.74, 6) is -0.444. The normalized spacial score (nSPS) is 17.1. The zero-order valence-corrected chi connectivity index (χ0v) is 16.7. The quantitative estimate of drug-likeness (QED) is 0.752. The standard InChI is InChI=1S/C18H21N3O6S/c1-10-7-14-9-13(5-6-15(14)21(10)28(4,24)25)18(23)26-12(3)17(22)19-16-8-11(2)27-20-16/h5-6,8-10,12H,7H2,1-4H3,(H,19,20,22)/t10-,12+/m1/s1. The molecule has 0 spiro atoms. The van der Waals surface area contributed by atoms with Gasteiger partial charge in [-0.15, -0.1) is 0 Å². The smallest absolute Gasteiger partial charge is 0.338 e. The van der Waals surface area contributed by atoms with Crippen molar-refractivity contribution in [2.45, 2.75) is 39.3 Å². The van der Waals surface area contributed by atoms with Crippen molar-refractivity contribution in [1.82, 2.24) is 5.16 Å². The molecule has 1 aromatic carbocycles. The van der Waals surface area contributed by atoms with Gasteiger partial charge in [0, 0.05) is 12.1 Å². The second-order valence-corrected chi connectivity index (χ2v) is 8.67. The van der Waals surface area contributed by atoms with Crippen molar-refractivity contribution in [2.75, 3.05) is 15.9 Å². The van der Waals surface area contributed by atoms with Crippen LogP contribution in [0.5, 0.6) is 0 Å². The maximum atomic E-state index is 12.4. The summed E-state index contributed by atoms with van der Waals surface area (Å²) < 4.78 is 35.4. The van der Waals surface area contributed by atoms with Gasteiger partial charge in [0.25, 0.3) is 5.91 Å². The van der Waals surface area contributed by atoms with Crippen LogP contribution in [0.4, 0.5) is 11.5 Å². The number of amides is 1. The highest BCUT2D eigenvalue weighted by molar-refractivity contribution is 7.92. The molecule has 2 aromatic rings. The van der Waals surface area contributed by atoms with Crippen LogP contribution in [0.1, 0.15) is 35.5 Å². The first kappa shape index (κ1) is 19.9. The van der Waals surface area contributed by atoms with Crippen LogP contribution in [0.25, 0.3) is 0 Å². The van der Waals surface area contributed by atoms with Gasteiger partial charge >= 0.3 is 5.97 Å². The van der Waals surface area contributed by atoms with Gasteiger partial charge in [-0.1, -0.05) is 5.16 Å². The van der Waals surface area contributed by atoms with Crippen molar-refractivity contribution in [3.63, 3.8) is 0 Å². The minimum atomic E-state index is -3.41. The number of esters is 1. The Labute approximate surface area is 162 Å². The average molecular weight is 407 g/mol. The number of hydrogen-bond acceptors (Lipinski definition) is 7. The molecule has 150 valence electrons. The summed E-state index contributed by atoms with van der Waals surface area (Å²) >= 11 is 0. The van der Waals surface area contributed by atoms with E-state index in [1.165, 1.54) is 17.3 Å². The molecule has 28 heavy (non-hydrogen) atoms. The summed E-state index contributed by atoms with van der Waals surface area (Å²) in [7, 11) is -3.41. The van der Waals surface area contributed by atoms with Gasteiger partial charge < -0.3 is 14.6 Å². The summed E-state index contributed by atoms with van der Waals surface area (Å²) in [6.45, 7) is 4.93. The molecule has 1 N–H and O–H groups in total. The Bertz CT molecular complexity index is 1030. The van der Waals surface area contributed by atoms with Gasteiger partial charge in [-0.2, -0.15) is 0 Å². The van der Waals surface area contributed by atoms with E-state index in [9.17, 15) is 18.0 Å². The van der Waals surface area contributed by atoms with E-state index in [1.807, 2.05) is 0 Å². The number of nitrogens with one attached hydrogen (secondary N) is 1. The van der Waals surface area contributed by atoms with Gasteiger partial charge in [0.2, 0.25) is 10.0 Å². The van der Waals surface area contributed by atoms with Gasteiger partial charge in [0.05, 0.1) is 17.5 Å². The number of ether oxygens (including phenoxy) is 1. The molecule has 0 radical (unpaired) electrons. The predicted molar refractivity (Wildman–Crippen MR) is 102 cm³/mol. The highest BCUT2D eigenvalue weighted by Crippen LogP contribution is 2.34. The van der Waals surface area contributed by atoms with Crippen LogP contribution in [0.3, 0.4) is 0 Å². The number of carbonyl (C=O) groups is 2. The molecule has 0 fully saturated rings. The summed E-state index contributed by atoms with van der Waals surface area (Å²) in [6, 6.07) is 5.99. The zero-order chi connectivity index (χ0) is 20.6. The number of carbonyl (C=O) groups excluding carboxylic acids is 2. The molecule has 0 saturated heterocycles. The van der Waals surface area contributed by atoms with E-state index >= 15 is 0 Å². The number of sulfonamides is 1.